The van der Waals surface area contributed by atoms with Crippen molar-refractivity contribution in [2.45, 2.75) is 20.5 Å². The molecule has 4 aromatic rings. The van der Waals surface area contributed by atoms with Crippen LogP contribution in [0.2, 0.25) is 0 Å². The van der Waals surface area contributed by atoms with E-state index in [1.54, 1.807) is 23.9 Å². The minimum atomic E-state index is -0.519. The Labute approximate surface area is 160 Å². The third-order valence-corrected chi connectivity index (χ3v) is 4.20. The van der Waals surface area contributed by atoms with Crippen molar-refractivity contribution in [1.82, 2.24) is 24.9 Å². The topological polar surface area (TPSA) is 95.9 Å². The molecule has 0 amide bonds. The molecule has 0 fully saturated rings. The van der Waals surface area contributed by atoms with Gasteiger partial charge in [-0.1, -0.05) is 41.1 Å². The molecule has 0 radical (unpaired) electrons. The first-order valence-electron chi connectivity index (χ1n) is 8.64. The second kappa shape index (κ2) is 7.43. The first-order valence-corrected chi connectivity index (χ1v) is 8.64. The van der Waals surface area contributed by atoms with E-state index in [0.29, 0.717) is 22.9 Å². The average molecular weight is 375 g/mol. The summed E-state index contributed by atoms with van der Waals surface area (Å²) in [5, 5.41) is 8.14. The first kappa shape index (κ1) is 17.6. The largest absolute Gasteiger partial charge is 0.452 e. The van der Waals surface area contributed by atoms with Crippen LogP contribution in [0.25, 0.3) is 17.2 Å². The molecule has 8 heteroatoms. The lowest BCUT2D eigenvalue weighted by molar-refractivity contribution is 0.0429. The Balaban J connectivity index is 1.44. The van der Waals surface area contributed by atoms with Crippen molar-refractivity contribution in [2.24, 2.45) is 0 Å². The molecule has 0 N–H and O–H groups in total. The summed E-state index contributed by atoms with van der Waals surface area (Å²) in [6.07, 6.45) is 3.12. The van der Waals surface area contributed by atoms with Crippen molar-refractivity contribution in [1.29, 1.82) is 0 Å². The number of benzene rings is 1. The Morgan fingerprint density at radius 2 is 1.96 bits per heavy atom. The number of aromatic nitrogens is 5. The smallest absolute Gasteiger partial charge is 0.342 e. The van der Waals surface area contributed by atoms with Gasteiger partial charge in [-0.25, -0.2) is 14.5 Å². The van der Waals surface area contributed by atoms with Gasteiger partial charge >= 0.3 is 5.97 Å². The SMILES string of the molecule is Cc1ccc(-c2noc(COC(=O)c3cnn(-c4ccccn4)c3C)n2)cc1. The van der Waals surface area contributed by atoms with Gasteiger partial charge in [0.1, 0.15) is 5.56 Å². The Hall–Kier alpha value is -3.81. The monoisotopic (exact) mass is 375 g/mol. The van der Waals surface area contributed by atoms with Crippen LogP contribution in [0.3, 0.4) is 0 Å². The van der Waals surface area contributed by atoms with Gasteiger partial charge < -0.3 is 9.26 Å². The molecule has 0 atom stereocenters. The summed E-state index contributed by atoms with van der Waals surface area (Å²) in [6, 6.07) is 13.2. The first-order chi connectivity index (χ1) is 13.6. The minimum Gasteiger partial charge on any atom is -0.452 e. The van der Waals surface area contributed by atoms with Crippen molar-refractivity contribution in [2.75, 3.05) is 0 Å². The van der Waals surface area contributed by atoms with Crippen LogP contribution < -0.4 is 0 Å². The Morgan fingerprint density at radius 3 is 2.71 bits per heavy atom. The molecule has 0 aliphatic heterocycles. The van der Waals surface area contributed by atoms with Crippen molar-refractivity contribution < 1.29 is 14.1 Å². The van der Waals surface area contributed by atoms with Gasteiger partial charge in [-0.15, -0.1) is 0 Å². The summed E-state index contributed by atoms with van der Waals surface area (Å²) in [4.78, 5) is 20.9. The Morgan fingerprint density at radius 1 is 1.14 bits per heavy atom. The van der Waals surface area contributed by atoms with E-state index in [1.165, 1.54) is 6.20 Å². The lowest BCUT2D eigenvalue weighted by Gasteiger charge is -2.04. The van der Waals surface area contributed by atoms with E-state index in [-0.39, 0.29) is 12.5 Å². The highest BCUT2D eigenvalue weighted by Gasteiger charge is 2.18. The molecule has 0 saturated carbocycles. The molecular weight excluding hydrogens is 358 g/mol. The number of aryl methyl sites for hydroxylation is 1. The predicted molar refractivity (Wildman–Crippen MR) is 99.7 cm³/mol. The molecule has 3 aromatic heterocycles. The highest BCUT2D eigenvalue weighted by molar-refractivity contribution is 5.90. The fourth-order valence-electron chi connectivity index (χ4n) is 2.66. The van der Waals surface area contributed by atoms with Crippen LogP contribution in [0.5, 0.6) is 0 Å². The molecule has 0 aliphatic carbocycles. The minimum absolute atomic E-state index is 0.119. The van der Waals surface area contributed by atoms with Crippen molar-refractivity contribution in [3.8, 4) is 17.2 Å². The average Bonchev–Trinajstić information content (AvgIpc) is 3.34. The van der Waals surface area contributed by atoms with E-state index < -0.39 is 5.97 Å². The van der Waals surface area contributed by atoms with Crippen LogP contribution in [0.15, 0.2) is 59.4 Å². The van der Waals surface area contributed by atoms with E-state index in [4.69, 9.17) is 9.26 Å². The van der Waals surface area contributed by atoms with Gasteiger partial charge in [0, 0.05) is 11.8 Å². The molecule has 28 heavy (non-hydrogen) atoms. The highest BCUT2D eigenvalue weighted by Crippen LogP contribution is 2.17. The summed E-state index contributed by atoms with van der Waals surface area (Å²) < 4.78 is 12.1. The second-order valence-electron chi connectivity index (χ2n) is 6.20. The number of carbonyl (C=O) groups excluding carboxylic acids is 1. The quantitative estimate of drug-likeness (QED) is 0.494. The van der Waals surface area contributed by atoms with Gasteiger partial charge in [0.05, 0.1) is 11.9 Å². The zero-order valence-corrected chi connectivity index (χ0v) is 15.4. The van der Waals surface area contributed by atoms with E-state index in [2.05, 4.69) is 20.2 Å². The zero-order valence-electron chi connectivity index (χ0n) is 15.4. The maximum Gasteiger partial charge on any atom is 0.342 e. The summed E-state index contributed by atoms with van der Waals surface area (Å²) in [5.41, 5.74) is 2.96. The van der Waals surface area contributed by atoms with Crippen molar-refractivity contribution in [3.05, 3.63) is 77.6 Å². The molecule has 8 nitrogen and oxygen atoms in total. The summed E-state index contributed by atoms with van der Waals surface area (Å²) in [5.74, 6) is 0.775. The molecule has 0 saturated heterocycles. The van der Waals surface area contributed by atoms with E-state index in [9.17, 15) is 4.79 Å². The molecule has 0 spiro atoms. The number of pyridine rings is 1. The number of nitrogens with zero attached hydrogens (tertiary/aromatic N) is 5. The van der Waals surface area contributed by atoms with Crippen LogP contribution in [-0.4, -0.2) is 30.9 Å². The van der Waals surface area contributed by atoms with Gasteiger partial charge in [-0.2, -0.15) is 10.1 Å². The fourth-order valence-corrected chi connectivity index (χ4v) is 2.66. The van der Waals surface area contributed by atoms with Crippen LogP contribution in [0, 0.1) is 13.8 Å². The van der Waals surface area contributed by atoms with Gasteiger partial charge in [-0.05, 0) is 26.0 Å². The number of esters is 1. The number of carbonyl (C=O) groups is 1. The normalized spacial score (nSPS) is 10.8. The molecule has 0 aliphatic rings. The maximum atomic E-state index is 12.4. The van der Waals surface area contributed by atoms with Crippen molar-refractivity contribution >= 4 is 5.97 Å². The predicted octanol–water partition coefficient (Wildman–Crippen LogP) is 3.29. The third kappa shape index (κ3) is 3.52. The van der Waals surface area contributed by atoms with Crippen molar-refractivity contribution in [3.63, 3.8) is 0 Å². The summed E-state index contributed by atoms with van der Waals surface area (Å²) in [7, 11) is 0. The molecule has 140 valence electrons. The van der Waals surface area contributed by atoms with Crippen LogP contribution in [-0.2, 0) is 11.3 Å². The maximum absolute atomic E-state index is 12.4. The lowest BCUT2D eigenvalue weighted by Crippen LogP contribution is -2.08. The number of ether oxygens (including phenoxy) is 1. The van der Waals surface area contributed by atoms with E-state index in [0.717, 1.165) is 11.1 Å². The number of hydrogen-bond acceptors (Lipinski definition) is 7. The van der Waals surface area contributed by atoms with Crippen LogP contribution >= 0.6 is 0 Å². The van der Waals surface area contributed by atoms with Crippen LogP contribution in [0.1, 0.15) is 27.5 Å². The van der Waals surface area contributed by atoms with Gasteiger partial charge in [0.25, 0.3) is 5.89 Å². The standard InChI is InChI=1S/C20H17N5O3/c1-13-6-8-15(9-7-13)19-23-18(28-24-19)12-27-20(26)16-11-22-25(14(16)2)17-5-3-4-10-21-17/h3-11H,12H2,1-2H3. The molecule has 0 bridgehead atoms. The van der Waals surface area contributed by atoms with E-state index >= 15 is 0 Å². The molecule has 1 aromatic carbocycles. The highest BCUT2D eigenvalue weighted by atomic mass is 16.6. The zero-order chi connectivity index (χ0) is 19.5. The number of hydrogen-bond donors (Lipinski definition) is 0. The van der Waals surface area contributed by atoms with E-state index in [1.807, 2.05) is 43.3 Å². The van der Waals surface area contributed by atoms with Crippen LogP contribution in [0.4, 0.5) is 0 Å². The summed E-state index contributed by atoms with van der Waals surface area (Å²) in [6.45, 7) is 3.66. The molecule has 4 rings (SSSR count). The number of rotatable bonds is 5. The Bertz CT molecular complexity index is 1100. The molecule has 0 unspecified atom stereocenters. The van der Waals surface area contributed by atoms with Gasteiger partial charge in [-0.3, -0.25) is 0 Å². The van der Waals surface area contributed by atoms with Gasteiger partial charge in [0.15, 0.2) is 12.4 Å². The molecular formula is C20H17N5O3. The molecule has 3 heterocycles. The summed E-state index contributed by atoms with van der Waals surface area (Å²) >= 11 is 0. The fraction of sp³-hybridized carbons (Fsp3) is 0.150. The third-order valence-electron chi connectivity index (χ3n) is 4.20. The lowest BCUT2D eigenvalue weighted by atomic mass is 10.1. The Kier molecular flexibility index (Phi) is 4.67. The second-order valence-corrected chi connectivity index (χ2v) is 6.20. The van der Waals surface area contributed by atoms with Gasteiger partial charge in [0.2, 0.25) is 5.82 Å².